The predicted molar refractivity (Wildman–Crippen MR) is 118 cm³/mol. The van der Waals surface area contributed by atoms with E-state index in [0.29, 0.717) is 12.6 Å². The van der Waals surface area contributed by atoms with E-state index in [9.17, 15) is 4.79 Å². The zero-order valence-corrected chi connectivity index (χ0v) is 19.1. The van der Waals surface area contributed by atoms with Crippen LogP contribution in [0.15, 0.2) is 4.99 Å². The first kappa shape index (κ1) is 24.2. The van der Waals surface area contributed by atoms with E-state index >= 15 is 0 Å². The van der Waals surface area contributed by atoms with E-state index in [1.165, 1.54) is 6.42 Å². The summed E-state index contributed by atoms with van der Waals surface area (Å²) >= 11 is 0. The lowest BCUT2D eigenvalue weighted by atomic mass is 10.1. The summed E-state index contributed by atoms with van der Waals surface area (Å²) < 4.78 is 10.4. The fourth-order valence-electron chi connectivity index (χ4n) is 3.30. The van der Waals surface area contributed by atoms with Crippen LogP contribution in [0, 0.1) is 0 Å². The standard InChI is InChI=1S/C18H35N5O3.HI/c1-3-26-18(24)23-10-6-16(7-11-23)21-17(19-2)20-8-4-5-9-22-12-14-25-15-13-22;/h16H,3-15H2,1-2H3,(H2,19,20,21);1H. The number of likely N-dealkylation sites (tertiary alicyclic amines) is 1. The summed E-state index contributed by atoms with van der Waals surface area (Å²) in [5.74, 6) is 0.853. The summed E-state index contributed by atoms with van der Waals surface area (Å²) in [7, 11) is 1.80. The van der Waals surface area contributed by atoms with Gasteiger partial charge < -0.3 is 25.0 Å². The van der Waals surface area contributed by atoms with Gasteiger partial charge in [0.2, 0.25) is 0 Å². The number of ether oxygens (including phenoxy) is 2. The number of morpholine rings is 1. The number of hydrogen-bond donors (Lipinski definition) is 2. The number of hydrogen-bond acceptors (Lipinski definition) is 5. The molecule has 2 aliphatic heterocycles. The van der Waals surface area contributed by atoms with Crippen LogP contribution < -0.4 is 10.6 Å². The highest BCUT2D eigenvalue weighted by atomic mass is 127. The quantitative estimate of drug-likeness (QED) is 0.240. The Morgan fingerprint density at radius 3 is 2.52 bits per heavy atom. The highest BCUT2D eigenvalue weighted by Gasteiger charge is 2.23. The molecule has 9 heteroatoms. The molecule has 2 fully saturated rings. The van der Waals surface area contributed by atoms with Crippen LogP contribution in [0.2, 0.25) is 0 Å². The van der Waals surface area contributed by atoms with Crippen LogP contribution >= 0.6 is 24.0 Å². The molecule has 0 aliphatic carbocycles. The Morgan fingerprint density at radius 2 is 1.89 bits per heavy atom. The molecule has 158 valence electrons. The van der Waals surface area contributed by atoms with Gasteiger partial charge >= 0.3 is 6.09 Å². The Kier molecular flexibility index (Phi) is 12.8. The lowest BCUT2D eigenvalue weighted by Gasteiger charge is -2.32. The van der Waals surface area contributed by atoms with Crippen LogP contribution in [-0.4, -0.2) is 94.0 Å². The van der Waals surface area contributed by atoms with Crippen LogP contribution in [0.25, 0.3) is 0 Å². The van der Waals surface area contributed by atoms with Crippen molar-refractivity contribution in [1.82, 2.24) is 20.4 Å². The average Bonchev–Trinajstić information content (AvgIpc) is 2.68. The molecule has 0 aromatic heterocycles. The van der Waals surface area contributed by atoms with Crippen molar-refractivity contribution in [2.75, 3.05) is 66.1 Å². The van der Waals surface area contributed by atoms with E-state index in [1.807, 2.05) is 6.92 Å². The number of unbranched alkanes of at least 4 members (excludes halogenated alkanes) is 1. The number of carbonyl (C=O) groups is 1. The molecule has 0 saturated carbocycles. The van der Waals surface area contributed by atoms with Gasteiger partial charge in [-0.3, -0.25) is 9.89 Å². The van der Waals surface area contributed by atoms with Crippen molar-refractivity contribution in [1.29, 1.82) is 0 Å². The fraction of sp³-hybridized carbons (Fsp3) is 0.889. The van der Waals surface area contributed by atoms with Gasteiger partial charge in [-0.05, 0) is 39.2 Å². The molecule has 2 N–H and O–H groups in total. The number of aliphatic imine (C=N–C) groups is 1. The van der Waals surface area contributed by atoms with Crippen LogP contribution in [0.4, 0.5) is 4.79 Å². The maximum absolute atomic E-state index is 11.7. The van der Waals surface area contributed by atoms with Gasteiger partial charge in [-0.25, -0.2) is 4.79 Å². The molecule has 0 aromatic rings. The molecule has 0 spiro atoms. The molecule has 8 nitrogen and oxygen atoms in total. The molecule has 0 bridgehead atoms. The number of guanidine groups is 1. The minimum absolute atomic E-state index is 0. The zero-order chi connectivity index (χ0) is 18.6. The second kappa shape index (κ2) is 14.2. The lowest BCUT2D eigenvalue weighted by molar-refractivity contribution is 0.0372. The number of amides is 1. The van der Waals surface area contributed by atoms with Crippen LogP contribution in [0.5, 0.6) is 0 Å². The van der Waals surface area contributed by atoms with Gasteiger partial charge in [0.05, 0.1) is 19.8 Å². The third-order valence-electron chi connectivity index (χ3n) is 4.88. The van der Waals surface area contributed by atoms with E-state index in [2.05, 4.69) is 20.5 Å². The Bertz CT molecular complexity index is 439. The van der Waals surface area contributed by atoms with Crippen molar-refractivity contribution >= 4 is 36.0 Å². The van der Waals surface area contributed by atoms with Crippen molar-refractivity contribution in [3.63, 3.8) is 0 Å². The molecule has 0 aromatic carbocycles. The Labute approximate surface area is 180 Å². The molecule has 0 atom stereocenters. The van der Waals surface area contributed by atoms with Gasteiger partial charge in [0.25, 0.3) is 0 Å². The molecule has 0 radical (unpaired) electrons. The van der Waals surface area contributed by atoms with Gasteiger partial charge in [0.15, 0.2) is 5.96 Å². The number of nitrogens with one attached hydrogen (secondary N) is 2. The summed E-state index contributed by atoms with van der Waals surface area (Å²) in [5, 5.41) is 6.87. The average molecular weight is 497 g/mol. The number of rotatable bonds is 7. The third kappa shape index (κ3) is 9.29. The monoisotopic (exact) mass is 497 g/mol. The van der Waals surface area contributed by atoms with Crippen molar-refractivity contribution in [2.45, 2.75) is 38.6 Å². The minimum Gasteiger partial charge on any atom is -0.450 e. The first-order chi connectivity index (χ1) is 12.7. The summed E-state index contributed by atoms with van der Waals surface area (Å²) in [6, 6.07) is 0.347. The van der Waals surface area contributed by atoms with Crippen molar-refractivity contribution in [3.05, 3.63) is 0 Å². The molecule has 2 saturated heterocycles. The van der Waals surface area contributed by atoms with Crippen LogP contribution in [-0.2, 0) is 9.47 Å². The smallest absolute Gasteiger partial charge is 0.409 e. The molecule has 27 heavy (non-hydrogen) atoms. The van der Waals surface area contributed by atoms with E-state index in [-0.39, 0.29) is 30.1 Å². The topological polar surface area (TPSA) is 78.4 Å². The van der Waals surface area contributed by atoms with E-state index < -0.39 is 0 Å². The van der Waals surface area contributed by atoms with Crippen LogP contribution in [0.1, 0.15) is 32.6 Å². The fourth-order valence-corrected chi connectivity index (χ4v) is 3.30. The predicted octanol–water partition coefficient (Wildman–Crippen LogP) is 1.50. The summed E-state index contributed by atoms with van der Waals surface area (Å²) in [5.41, 5.74) is 0. The second-order valence-corrected chi connectivity index (χ2v) is 6.76. The highest BCUT2D eigenvalue weighted by Crippen LogP contribution is 2.11. The van der Waals surface area contributed by atoms with Gasteiger partial charge in [-0.1, -0.05) is 0 Å². The molecule has 1 amide bonds. The number of piperidine rings is 1. The van der Waals surface area contributed by atoms with Crippen molar-refractivity contribution < 1.29 is 14.3 Å². The Balaban J connectivity index is 0.00000364. The maximum atomic E-state index is 11.7. The van der Waals surface area contributed by atoms with Gasteiger partial charge in [0.1, 0.15) is 0 Å². The van der Waals surface area contributed by atoms with Gasteiger partial charge in [-0.2, -0.15) is 0 Å². The molecule has 2 rings (SSSR count). The summed E-state index contributed by atoms with van der Waals surface area (Å²) in [4.78, 5) is 20.3. The maximum Gasteiger partial charge on any atom is 0.409 e. The van der Waals surface area contributed by atoms with Gasteiger partial charge in [-0.15, -0.1) is 24.0 Å². The molecular formula is C18H36IN5O3. The van der Waals surface area contributed by atoms with Crippen molar-refractivity contribution in [2.24, 2.45) is 4.99 Å². The molecule has 2 heterocycles. The number of carbonyl (C=O) groups excluding carboxylic acids is 1. The molecule has 0 unspecified atom stereocenters. The number of nitrogens with zero attached hydrogens (tertiary/aromatic N) is 3. The lowest BCUT2D eigenvalue weighted by Crippen LogP contribution is -2.50. The Morgan fingerprint density at radius 1 is 1.19 bits per heavy atom. The van der Waals surface area contributed by atoms with E-state index in [1.54, 1.807) is 11.9 Å². The SMILES string of the molecule is CCOC(=O)N1CCC(NC(=NC)NCCCCN2CCOCC2)CC1.I. The van der Waals surface area contributed by atoms with Crippen LogP contribution in [0.3, 0.4) is 0 Å². The van der Waals surface area contributed by atoms with E-state index in [0.717, 1.165) is 77.7 Å². The first-order valence-corrected chi connectivity index (χ1v) is 9.92. The normalized spacial score (nSPS) is 19.3. The van der Waals surface area contributed by atoms with E-state index in [4.69, 9.17) is 9.47 Å². The first-order valence-electron chi connectivity index (χ1n) is 9.92. The highest BCUT2D eigenvalue weighted by molar-refractivity contribution is 14.0. The summed E-state index contributed by atoms with van der Waals surface area (Å²) in [6.45, 7) is 9.63. The second-order valence-electron chi connectivity index (χ2n) is 6.76. The molecular weight excluding hydrogens is 461 g/mol. The largest absolute Gasteiger partial charge is 0.450 e. The molecule has 2 aliphatic rings. The minimum atomic E-state index is -0.200. The third-order valence-corrected chi connectivity index (χ3v) is 4.88. The zero-order valence-electron chi connectivity index (χ0n) is 16.7. The summed E-state index contributed by atoms with van der Waals surface area (Å²) in [6.07, 6.45) is 3.93. The number of halogens is 1. The van der Waals surface area contributed by atoms with Crippen molar-refractivity contribution in [3.8, 4) is 0 Å². The Hall–Kier alpha value is -0.810. The van der Waals surface area contributed by atoms with Gasteiger partial charge in [0, 0.05) is 45.8 Å².